The first-order chi connectivity index (χ1) is 8.99. The lowest BCUT2D eigenvalue weighted by atomic mass is 9.88. The van der Waals surface area contributed by atoms with Crippen molar-refractivity contribution in [2.24, 2.45) is 5.41 Å². The molecule has 3 amide bonds. The molecular weight excluding hydrogens is 246 g/mol. The largest absolute Gasteiger partial charge is 0.332 e. The number of carbonyl (C=O) groups is 3. The van der Waals surface area contributed by atoms with E-state index in [2.05, 4.69) is 10.3 Å². The monoisotopic (exact) mass is 259 g/mol. The van der Waals surface area contributed by atoms with E-state index in [1.165, 1.54) is 0 Å². The average molecular weight is 259 g/mol. The number of rotatable bonds is 2. The van der Waals surface area contributed by atoms with E-state index in [1.807, 2.05) is 6.07 Å². The number of pyridine rings is 1. The summed E-state index contributed by atoms with van der Waals surface area (Å²) in [7, 11) is 0. The summed E-state index contributed by atoms with van der Waals surface area (Å²) in [5.41, 5.74) is 0.464. The molecule has 1 N–H and O–H groups in total. The van der Waals surface area contributed by atoms with E-state index in [-0.39, 0.29) is 30.7 Å². The van der Waals surface area contributed by atoms with Crippen molar-refractivity contribution in [2.45, 2.75) is 19.9 Å². The van der Waals surface area contributed by atoms with Gasteiger partial charge in [-0.05, 0) is 13.0 Å². The highest BCUT2D eigenvalue weighted by Gasteiger charge is 2.45. The fourth-order valence-corrected chi connectivity index (χ4v) is 2.62. The number of nitrogens with zero attached hydrogens (tertiary/aromatic N) is 2. The van der Waals surface area contributed by atoms with E-state index in [0.29, 0.717) is 12.2 Å². The highest BCUT2D eigenvalue weighted by molar-refractivity contribution is 6.06. The van der Waals surface area contributed by atoms with Crippen LogP contribution in [0.2, 0.25) is 0 Å². The highest BCUT2D eigenvalue weighted by Crippen LogP contribution is 2.31. The molecule has 1 aromatic heterocycles. The Morgan fingerprint density at radius 2 is 2.21 bits per heavy atom. The van der Waals surface area contributed by atoms with E-state index in [4.69, 9.17) is 0 Å². The van der Waals surface area contributed by atoms with Crippen molar-refractivity contribution >= 4 is 17.7 Å². The molecule has 0 bridgehead atoms. The summed E-state index contributed by atoms with van der Waals surface area (Å²) in [6, 6.07) is 3.63. The fraction of sp³-hybridized carbons (Fsp3) is 0.385. The molecule has 1 aromatic rings. The minimum atomic E-state index is -0.839. The lowest BCUT2D eigenvalue weighted by Crippen LogP contribution is -2.41. The number of carbonyl (C=O) groups excluding carboxylic acids is 3. The van der Waals surface area contributed by atoms with E-state index in [9.17, 15) is 14.4 Å². The van der Waals surface area contributed by atoms with Crippen LogP contribution in [0.15, 0.2) is 18.3 Å². The molecule has 3 heterocycles. The lowest BCUT2D eigenvalue weighted by molar-refractivity contribution is -0.128. The molecular formula is C13H13N3O3. The van der Waals surface area contributed by atoms with Crippen molar-refractivity contribution in [1.29, 1.82) is 0 Å². The molecule has 0 spiro atoms. The van der Waals surface area contributed by atoms with Crippen LogP contribution in [-0.2, 0) is 16.1 Å². The average Bonchev–Trinajstić information content (AvgIpc) is 2.79. The highest BCUT2D eigenvalue weighted by atomic mass is 16.2. The first kappa shape index (κ1) is 11.8. The molecule has 98 valence electrons. The van der Waals surface area contributed by atoms with Crippen LogP contribution in [-0.4, -0.2) is 34.2 Å². The van der Waals surface area contributed by atoms with Gasteiger partial charge in [-0.1, -0.05) is 6.07 Å². The van der Waals surface area contributed by atoms with Crippen molar-refractivity contribution in [3.8, 4) is 0 Å². The van der Waals surface area contributed by atoms with Gasteiger partial charge in [-0.15, -0.1) is 0 Å². The molecule has 6 nitrogen and oxygen atoms in total. The molecule has 0 radical (unpaired) electrons. The van der Waals surface area contributed by atoms with Crippen molar-refractivity contribution in [2.75, 3.05) is 6.54 Å². The van der Waals surface area contributed by atoms with Crippen LogP contribution in [0, 0.1) is 5.41 Å². The molecule has 3 rings (SSSR count). The summed E-state index contributed by atoms with van der Waals surface area (Å²) in [5.74, 6) is -0.770. The van der Waals surface area contributed by atoms with E-state index >= 15 is 0 Å². The third kappa shape index (κ3) is 1.80. The van der Waals surface area contributed by atoms with Gasteiger partial charge in [0.2, 0.25) is 11.8 Å². The Bertz CT molecular complexity index is 599. The van der Waals surface area contributed by atoms with Crippen LogP contribution in [0.3, 0.4) is 0 Å². The zero-order valence-electron chi connectivity index (χ0n) is 10.5. The zero-order chi connectivity index (χ0) is 13.6. The second kappa shape index (κ2) is 3.88. The van der Waals surface area contributed by atoms with Gasteiger partial charge in [0.05, 0.1) is 5.41 Å². The standard InChI is InChI=1S/C13H13N3O3/c1-13(5-9(17)15-12(13)19)7-16-6-8-3-2-4-14-10(8)11(16)18/h2-4H,5-7H2,1H3,(H,15,17,19). The molecule has 1 atom stereocenters. The van der Waals surface area contributed by atoms with Crippen molar-refractivity contribution < 1.29 is 14.4 Å². The van der Waals surface area contributed by atoms with Gasteiger partial charge in [0.15, 0.2) is 0 Å². The van der Waals surface area contributed by atoms with Gasteiger partial charge >= 0.3 is 0 Å². The maximum Gasteiger partial charge on any atom is 0.273 e. The summed E-state index contributed by atoms with van der Waals surface area (Å²) >= 11 is 0. The van der Waals surface area contributed by atoms with Crippen molar-refractivity contribution in [1.82, 2.24) is 15.2 Å². The minimum Gasteiger partial charge on any atom is -0.332 e. The van der Waals surface area contributed by atoms with E-state index < -0.39 is 5.41 Å². The smallest absolute Gasteiger partial charge is 0.273 e. The molecule has 2 aliphatic heterocycles. The number of hydrogen-bond donors (Lipinski definition) is 1. The van der Waals surface area contributed by atoms with Crippen LogP contribution in [0.5, 0.6) is 0 Å². The number of aromatic nitrogens is 1. The second-order valence-corrected chi connectivity index (χ2v) is 5.29. The quantitative estimate of drug-likeness (QED) is 0.763. The lowest BCUT2D eigenvalue weighted by Gasteiger charge is -2.26. The van der Waals surface area contributed by atoms with E-state index in [1.54, 1.807) is 24.1 Å². The number of hydrogen-bond acceptors (Lipinski definition) is 4. The topological polar surface area (TPSA) is 79.4 Å². The molecule has 2 aliphatic rings. The summed E-state index contributed by atoms with van der Waals surface area (Å²) in [6.07, 6.45) is 1.70. The van der Waals surface area contributed by atoms with Crippen LogP contribution in [0.1, 0.15) is 29.4 Å². The molecule has 0 aliphatic carbocycles. The van der Waals surface area contributed by atoms with Gasteiger partial charge in [0.1, 0.15) is 5.69 Å². The normalized spacial score (nSPS) is 25.7. The summed E-state index contributed by atoms with van der Waals surface area (Å²) < 4.78 is 0. The Balaban J connectivity index is 1.82. The maximum absolute atomic E-state index is 12.2. The van der Waals surface area contributed by atoms with Gasteiger partial charge in [0.25, 0.3) is 5.91 Å². The molecule has 0 aromatic carbocycles. The number of nitrogens with one attached hydrogen (secondary N) is 1. The predicted molar refractivity (Wildman–Crippen MR) is 64.9 cm³/mol. The Morgan fingerprint density at radius 1 is 1.42 bits per heavy atom. The Labute approximate surface area is 109 Å². The summed E-state index contributed by atoms with van der Waals surface area (Å²) in [5, 5.41) is 2.29. The van der Waals surface area contributed by atoms with E-state index in [0.717, 1.165) is 5.56 Å². The van der Waals surface area contributed by atoms with Gasteiger partial charge in [-0.3, -0.25) is 24.7 Å². The van der Waals surface area contributed by atoms with Crippen molar-refractivity contribution in [3.05, 3.63) is 29.6 Å². The van der Waals surface area contributed by atoms with Gasteiger partial charge in [-0.25, -0.2) is 0 Å². The number of fused-ring (bicyclic) bond motifs is 1. The van der Waals surface area contributed by atoms with Crippen LogP contribution < -0.4 is 5.32 Å². The van der Waals surface area contributed by atoms with Gasteiger partial charge in [-0.2, -0.15) is 0 Å². The predicted octanol–water partition coefficient (Wildman–Crippen LogP) is 0.0902. The minimum absolute atomic E-state index is 0.124. The maximum atomic E-state index is 12.2. The first-order valence-corrected chi connectivity index (χ1v) is 6.07. The molecule has 6 heteroatoms. The Hall–Kier alpha value is -2.24. The Morgan fingerprint density at radius 3 is 2.84 bits per heavy atom. The third-order valence-electron chi connectivity index (χ3n) is 3.63. The Kier molecular flexibility index (Phi) is 2.41. The summed E-state index contributed by atoms with van der Waals surface area (Å²) in [6.45, 7) is 2.38. The van der Waals surface area contributed by atoms with Crippen LogP contribution in [0.25, 0.3) is 0 Å². The van der Waals surface area contributed by atoms with Gasteiger partial charge < -0.3 is 4.90 Å². The first-order valence-electron chi connectivity index (χ1n) is 6.07. The zero-order valence-corrected chi connectivity index (χ0v) is 10.5. The molecule has 0 saturated carbocycles. The molecule has 1 fully saturated rings. The van der Waals surface area contributed by atoms with Crippen molar-refractivity contribution in [3.63, 3.8) is 0 Å². The van der Waals surface area contributed by atoms with Crippen LogP contribution >= 0.6 is 0 Å². The SMILES string of the molecule is CC1(CN2Cc3cccnc3C2=O)CC(=O)NC1=O. The third-order valence-corrected chi connectivity index (χ3v) is 3.63. The molecule has 19 heavy (non-hydrogen) atoms. The number of amides is 3. The fourth-order valence-electron chi connectivity index (χ4n) is 2.62. The number of imide groups is 1. The molecule has 1 unspecified atom stereocenters. The van der Waals surface area contributed by atoms with Crippen LogP contribution in [0.4, 0.5) is 0 Å². The summed E-state index contributed by atoms with van der Waals surface area (Å²) in [4.78, 5) is 40.9. The molecule has 1 saturated heterocycles. The van der Waals surface area contributed by atoms with Gasteiger partial charge in [0, 0.05) is 31.3 Å². The second-order valence-electron chi connectivity index (χ2n) is 5.29.